The zero-order chi connectivity index (χ0) is 43.8. The number of nitrogens with one attached hydrogen (secondary N) is 2. The van der Waals surface area contributed by atoms with E-state index < -0.39 is 90.6 Å². The number of ketones is 2. The zero-order valence-electron chi connectivity index (χ0n) is 33.5. The van der Waals surface area contributed by atoms with Crippen molar-refractivity contribution in [2.75, 3.05) is 6.61 Å². The highest BCUT2D eigenvalue weighted by atomic mass is 16.6. The Hall–Kier alpha value is -5.81. The average molecular weight is 827 g/mol. The van der Waals surface area contributed by atoms with E-state index in [1.807, 2.05) is 6.07 Å². The largest absolute Gasteiger partial charge is 0.451 e. The average Bonchev–Trinajstić information content (AvgIpc) is 3.27. The van der Waals surface area contributed by atoms with E-state index >= 15 is 0 Å². The van der Waals surface area contributed by atoms with E-state index in [0.717, 1.165) is 5.56 Å². The topological polar surface area (TPSA) is 261 Å². The summed E-state index contributed by atoms with van der Waals surface area (Å²) in [5.41, 5.74) is 14.7. The summed E-state index contributed by atoms with van der Waals surface area (Å²) in [5, 5.41) is 48.2. The lowest BCUT2D eigenvalue weighted by Crippen LogP contribution is -2.58. The Balaban J connectivity index is 1.39. The predicted molar refractivity (Wildman–Crippen MR) is 221 cm³/mol. The first kappa shape index (κ1) is 46.9. The molecule has 1 unspecified atom stereocenters. The Kier molecular flexibility index (Phi) is 18.0. The fourth-order valence-corrected chi connectivity index (χ4v) is 6.52. The molecule has 0 aliphatic heterocycles. The fraction of sp³-hybridized carbons (Fsp3) is 0.356. The van der Waals surface area contributed by atoms with Crippen molar-refractivity contribution < 1.29 is 53.9 Å². The van der Waals surface area contributed by atoms with Crippen LogP contribution in [0.1, 0.15) is 61.0 Å². The monoisotopic (exact) mass is 826 g/mol. The maximum absolute atomic E-state index is 14.0. The molecular weight excluding hydrogens is 773 g/mol. The number of alkyl carbamates (subject to hydrolysis) is 1. The fourth-order valence-electron chi connectivity index (χ4n) is 6.52. The summed E-state index contributed by atoms with van der Waals surface area (Å²) in [4.78, 5) is 66.3. The van der Waals surface area contributed by atoms with Crippen LogP contribution in [0.15, 0.2) is 121 Å². The first-order chi connectivity index (χ1) is 28.7. The van der Waals surface area contributed by atoms with Crippen LogP contribution in [0.3, 0.4) is 0 Å². The molecule has 320 valence electrons. The highest BCUT2D eigenvalue weighted by Crippen LogP contribution is 2.30. The number of carbonyl (C=O) groups excluding carboxylic acids is 5. The molecule has 0 aliphatic rings. The Morgan fingerprint density at radius 2 is 1.18 bits per heavy atom. The van der Waals surface area contributed by atoms with E-state index in [4.69, 9.17) is 20.9 Å². The third-order valence-electron chi connectivity index (χ3n) is 9.97. The lowest BCUT2D eigenvalue weighted by atomic mass is 9.83. The van der Waals surface area contributed by atoms with E-state index in [2.05, 4.69) is 10.6 Å². The first-order valence-electron chi connectivity index (χ1n) is 19.6. The Morgan fingerprint density at radius 3 is 1.68 bits per heavy atom. The van der Waals surface area contributed by atoms with Gasteiger partial charge in [0.1, 0.15) is 31.0 Å². The van der Waals surface area contributed by atoms with Crippen LogP contribution in [-0.2, 0) is 35.3 Å². The van der Waals surface area contributed by atoms with Gasteiger partial charge in [0.2, 0.25) is 5.91 Å². The molecule has 15 heteroatoms. The smallest absolute Gasteiger partial charge is 0.408 e. The number of benzene rings is 4. The van der Waals surface area contributed by atoms with Crippen molar-refractivity contribution in [2.24, 2.45) is 17.4 Å². The Labute approximate surface area is 348 Å². The van der Waals surface area contributed by atoms with E-state index in [0.29, 0.717) is 11.1 Å². The molecule has 15 nitrogen and oxygen atoms in total. The van der Waals surface area contributed by atoms with Crippen LogP contribution >= 0.6 is 0 Å². The second-order valence-corrected chi connectivity index (χ2v) is 14.7. The third-order valence-corrected chi connectivity index (χ3v) is 9.97. The minimum Gasteiger partial charge on any atom is -0.451 e. The Bertz CT molecular complexity index is 1930. The van der Waals surface area contributed by atoms with Gasteiger partial charge in [0.15, 0.2) is 17.7 Å². The van der Waals surface area contributed by atoms with Crippen molar-refractivity contribution in [3.63, 3.8) is 0 Å². The number of rotatable bonds is 22. The van der Waals surface area contributed by atoms with Crippen LogP contribution in [0.2, 0.25) is 0 Å². The van der Waals surface area contributed by atoms with Crippen molar-refractivity contribution in [2.45, 2.75) is 87.8 Å². The minimum absolute atomic E-state index is 0.00493. The summed E-state index contributed by atoms with van der Waals surface area (Å²) in [6, 6.07) is 28.8. The standard InChI is InChI=1S/C45H54N4O11/c1-27(2)37(49-45(58)59-26-28-15-7-3-8-16-28)34(51)24-23-32(46)43(56)48-33(25-50)38(52)40(54)41(55)39(53)35(29-17-9-4-10-18-29)36(47)44(57)60-42(30-19-11-5-12-20-30)31-21-13-6-14-22-31/h3-22,27,32-33,35-38,40-42,50,52,54-55H,23-26,46-47H2,1-2H3,(H,48,56)(H,49,58)/t32-,33-,35?,36-,37-,38+,40+,41+/m0/s1. The highest BCUT2D eigenvalue weighted by molar-refractivity contribution is 5.96. The molecule has 0 heterocycles. The van der Waals surface area contributed by atoms with E-state index in [-0.39, 0.29) is 30.9 Å². The van der Waals surface area contributed by atoms with Crippen LogP contribution in [0.4, 0.5) is 4.79 Å². The van der Waals surface area contributed by atoms with Crippen molar-refractivity contribution >= 4 is 29.5 Å². The van der Waals surface area contributed by atoms with Gasteiger partial charge in [0.05, 0.1) is 30.7 Å². The molecule has 0 aromatic heterocycles. The summed E-state index contributed by atoms with van der Waals surface area (Å²) in [7, 11) is 0. The molecule has 0 aliphatic carbocycles. The van der Waals surface area contributed by atoms with Gasteiger partial charge in [0, 0.05) is 6.42 Å². The quantitative estimate of drug-likeness (QED) is 0.0530. The molecule has 0 bridgehead atoms. The van der Waals surface area contributed by atoms with Crippen molar-refractivity contribution in [1.29, 1.82) is 0 Å². The normalized spacial score (nSPS) is 15.4. The number of aliphatic hydroxyl groups is 4. The van der Waals surface area contributed by atoms with Crippen molar-refractivity contribution in [3.8, 4) is 0 Å². The maximum atomic E-state index is 14.0. The van der Waals surface area contributed by atoms with Gasteiger partial charge in [-0.3, -0.25) is 19.2 Å². The van der Waals surface area contributed by atoms with Gasteiger partial charge in [0.25, 0.3) is 0 Å². The van der Waals surface area contributed by atoms with Gasteiger partial charge in [-0.1, -0.05) is 135 Å². The second-order valence-electron chi connectivity index (χ2n) is 14.7. The SMILES string of the molecule is CC(C)[C@H](NC(=O)OCc1ccccc1)C(=O)CC[C@H](N)C(=O)N[C@@H](CO)[C@@H](O)[C@@H](O)[C@H](O)C(=O)C(c1ccccc1)[C@H](N)C(=O)OC(c1ccccc1)c1ccccc1. The summed E-state index contributed by atoms with van der Waals surface area (Å²) >= 11 is 0. The first-order valence-corrected chi connectivity index (χ1v) is 19.6. The van der Waals surface area contributed by atoms with Gasteiger partial charge in [-0.2, -0.15) is 0 Å². The molecule has 4 rings (SSSR count). The number of hydrogen-bond donors (Lipinski definition) is 8. The molecule has 0 radical (unpaired) electrons. The molecule has 0 saturated heterocycles. The molecule has 60 heavy (non-hydrogen) atoms. The second kappa shape index (κ2) is 23.1. The van der Waals surface area contributed by atoms with Crippen molar-refractivity contribution in [1.82, 2.24) is 10.6 Å². The molecule has 8 atom stereocenters. The molecule has 4 aromatic carbocycles. The van der Waals surface area contributed by atoms with Crippen LogP contribution in [0.25, 0.3) is 0 Å². The predicted octanol–water partition coefficient (Wildman–Crippen LogP) is 2.19. The number of amides is 2. The third kappa shape index (κ3) is 13.1. The minimum atomic E-state index is -2.37. The van der Waals surface area contributed by atoms with Crippen molar-refractivity contribution in [3.05, 3.63) is 144 Å². The molecular formula is C45H54N4O11. The van der Waals surface area contributed by atoms with Crippen LogP contribution in [0, 0.1) is 5.92 Å². The van der Waals surface area contributed by atoms with Crippen LogP contribution in [-0.4, -0.2) is 99.0 Å². The van der Waals surface area contributed by atoms with Gasteiger partial charge in [-0.05, 0) is 34.6 Å². The zero-order valence-corrected chi connectivity index (χ0v) is 33.5. The molecule has 10 N–H and O–H groups in total. The summed E-state index contributed by atoms with van der Waals surface area (Å²) in [6.07, 6.45) is -8.96. The van der Waals surface area contributed by atoms with Crippen LogP contribution in [0.5, 0.6) is 0 Å². The van der Waals surface area contributed by atoms with Gasteiger partial charge in [-0.15, -0.1) is 0 Å². The molecule has 0 spiro atoms. The number of esters is 1. The molecule has 2 amide bonds. The summed E-state index contributed by atoms with van der Waals surface area (Å²) in [5.74, 6) is -5.41. The molecule has 0 fully saturated rings. The molecule has 4 aromatic rings. The maximum Gasteiger partial charge on any atom is 0.408 e. The highest BCUT2D eigenvalue weighted by Gasteiger charge is 2.43. The number of Topliss-reactive ketones (excluding diaryl/α,β-unsaturated/α-hetero) is 2. The lowest BCUT2D eigenvalue weighted by molar-refractivity contribution is -0.154. The van der Waals surface area contributed by atoms with E-state index in [9.17, 15) is 44.4 Å². The number of nitrogens with two attached hydrogens (primary N) is 2. The summed E-state index contributed by atoms with van der Waals surface area (Å²) in [6.45, 7) is 2.47. The number of carbonyl (C=O) groups is 5. The lowest BCUT2D eigenvalue weighted by Gasteiger charge is -2.32. The molecule has 0 saturated carbocycles. The van der Waals surface area contributed by atoms with Gasteiger partial charge < -0.3 is 52.0 Å². The number of aliphatic hydroxyl groups excluding tert-OH is 4. The van der Waals surface area contributed by atoms with Gasteiger partial charge >= 0.3 is 12.1 Å². The number of hydrogen-bond acceptors (Lipinski definition) is 13. The van der Waals surface area contributed by atoms with Crippen LogP contribution < -0.4 is 22.1 Å². The summed E-state index contributed by atoms with van der Waals surface area (Å²) < 4.78 is 11.1. The Morgan fingerprint density at radius 1 is 0.683 bits per heavy atom. The van der Waals surface area contributed by atoms with Gasteiger partial charge in [-0.25, -0.2) is 4.79 Å². The van der Waals surface area contributed by atoms with E-state index in [1.54, 1.807) is 117 Å². The number of ether oxygens (including phenoxy) is 2. The van der Waals surface area contributed by atoms with E-state index in [1.165, 1.54) is 12.1 Å².